The van der Waals surface area contributed by atoms with Crippen molar-refractivity contribution in [3.05, 3.63) is 46.2 Å². The summed E-state index contributed by atoms with van der Waals surface area (Å²) in [6.45, 7) is 5.64. The summed E-state index contributed by atoms with van der Waals surface area (Å²) < 4.78 is 16.6. The molecule has 0 spiro atoms. The van der Waals surface area contributed by atoms with E-state index >= 15 is 0 Å². The van der Waals surface area contributed by atoms with E-state index < -0.39 is 0 Å². The number of amides is 2. The summed E-state index contributed by atoms with van der Waals surface area (Å²) in [6, 6.07) is 9.27. The van der Waals surface area contributed by atoms with E-state index in [-0.39, 0.29) is 17.9 Å². The van der Waals surface area contributed by atoms with Gasteiger partial charge in [-0.05, 0) is 42.6 Å². The van der Waals surface area contributed by atoms with Gasteiger partial charge in [0.25, 0.3) is 5.91 Å². The first-order valence-corrected chi connectivity index (χ1v) is 12.6. The quantitative estimate of drug-likeness (QED) is 0.597. The molecule has 9 heteroatoms. The van der Waals surface area contributed by atoms with Crippen LogP contribution in [0.15, 0.2) is 35.7 Å². The molecule has 2 amide bonds. The predicted molar refractivity (Wildman–Crippen MR) is 131 cm³/mol. The summed E-state index contributed by atoms with van der Waals surface area (Å²) in [4.78, 5) is 33.1. The number of rotatable bonds is 7. The van der Waals surface area contributed by atoms with Crippen LogP contribution >= 0.6 is 11.3 Å². The Morgan fingerprint density at radius 2 is 1.88 bits per heavy atom. The SMILES string of the molecule is COc1ccc(C(=O)N2CCCN(CC3CN(C(=O)Cc4cccs4)CCO3)CC2)cc1OC. The Morgan fingerprint density at radius 1 is 1.03 bits per heavy atom. The smallest absolute Gasteiger partial charge is 0.254 e. The number of hydrogen-bond donors (Lipinski definition) is 0. The largest absolute Gasteiger partial charge is 0.493 e. The number of thiophene rings is 1. The first-order chi connectivity index (χ1) is 16.6. The van der Waals surface area contributed by atoms with Crippen LogP contribution in [0.25, 0.3) is 0 Å². The molecule has 2 fully saturated rings. The van der Waals surface area contributed by atoms with Gasteiger partial charge in [0.1, 0.15) is 0 Å². The molecule has 2 aromatic rings. The van der Waals surface area contributed by atoms with Gasteiger partial charge in [-0.1, -0.05) is 6.07 Å². The van der Waals surface area contributed by atoms with Gasteiger partial charge in [-0.15, -0.1) is 11.3 Å². The second-order valence-corrected chi connectivity index (χ2v) is 9.64. The minimum absolute atomic E-state index is 0.00192. The highest BCUT2D eigenvalue weighted by Crippen LogP contribution is 2.28. The maximum atomic E-state index is 13.1. The third kappa shape index (κ3) is 6.08. The van der Waals surface area contributed by atoms with Crippen molar-refractivity contribution in [1.82, 2.24) is 14.7 Å². The van der Waals surface area contributed by atoms with Crippen molar-refractivity contribution in [3.8, 4) is 11.5 Å². The van der Waals surface area contributed by atoms with Gasteiger partial charge in [0.05, 0.1) is 33.4 Å². The van der Waals surface area contributed by atoms with Gasteiger partial charge in [0.2, 0.25) is 5.91 Å². The van der Waals surface area contributed by atoms with Crippen molar-refractivity contribution in [2.45, 2.75) is 18.9 Å². The first-order valence-electron chi connectivity index (χ1n) is 11.7. The van der Waals surface area contributed by atoms with Gasteiger partial charge in [-0.3, -0.25) is 14.5 Å². The lowest BCUT2D eigenvalue weighted by molar-refractivity contribution is -0.138. The lowest BCUT2D eigenvalue weighted by atomic mass is 10.1. The number of carbonyl (C=O) groups excluding carboxylic acids is 2. The Balaban J connectivity index is 1.29. The molecular formula is C25H33N3O5S. The summed E-state index contributed by atoms with van der Waals surface area (Å²) in [5.41, 5.74) is 0.599. The van der Waals surface area contributed by atoms with Gasteiger partial charge in [-0.2, -0.15) is 0 Å². The standard InChI is InChI=1S/C25H33N3O5S/c1-31-22-7-6-19(15-23(22)32-2)25(30)27-9-4-8-26(10-11-27)17-20-18-28(12-13-33-20)24(29)16-21-5-3-14-34-21/h3,5-7,14-15,20H,4,8-13,16-18H2,1-2H3. The molecule has 1 atom stereocenters. The summed E-state index contributed by atoms with van der Waals surface area (Å²) >= 11 is 1.62. The molecule has 2 aliphatic rings. The van der Waals surface area contributed by atoms with Crippen LogP contribution in [-0.4, -0.2) is 99.3 Å². The normalized spacial score (nSPS) is 19.5. The summed E-state index contributed by atoms with van der Waals surface area (Å²) in [6.07, 6.45) is 1.35. The predicted octanol–water partition coefficient (Wildman–Crippen LogP) is 2.38. The number of benzene rings is 1. The Labute approximate surface area is 205 Å². The van der Waals surface area contributed by atoms with E-state index in [1.807, 2.05) is 27.3 Å². The van der Waals surface area contributed by atoms with Gasteiger partial charge in [-0.25, -0.2) is 0 Å². The second-order valence-electron chi connectivity index (χ2n) is 8.60. The van der Waals surface area contributed by atoms with Crippen LogP contribution in [0.5, 0.6) is 11.5 Å². The zero-order valence-corrected chi connectivity index (χ0v) is 20.7. The fourth-order valence-corrected chi connectivity index (χ4v) is 5.22. The van der Waals surface area contributed by atoms with Gasteiger partial charge in [0, 0.05) is 49.7 Å². The molecular weight excluding hydrogens is 454 g/mol. The number of carbonyl (C=O) groups is 2. The molecule has 1 aromatic heterocycles. The van der Waals surface area contributed by atoms with Crippen LogP contribution < -0.4 is 9.47 Å². The number of ether oxygens (including phenoxy) is 3. The van der Waals surface area contributed by atoms with E-state index in [4.69, 9.17) is 14.2 Å². The van der Waals surface area contributed by atoms with Crippen molar-refractivity contribution in [1.29, 1.82) is 0 Å². The number of methoxy groups -OCH3 is 2. The van der Waals surface area contributed by atoms with Crippen molar-refractivity contribution in [2.75, 3.05) is 66.6 Å². The average Bonchev–Trinajstić information content (AvgIpc) is 3.27. The highest BCUT2D eigenvalue weighted by Gasteiger charge is 2.28. The molecule has 2 aliphatic heterocycles. The molecule has 184 valence electrons. The Bertz CT molecular complexity index is 967. The Morgan fingerprint density at radius 3 is 2.65 bits per heavy atom. The zero-order valence-electron chi connectivity index (χ0n) is 19.9. The average molecular weight is 488 g/mol. The molecule has 8 nitrogen and oxygen atoms in total. The van der Waals surface area contributed by atoms with E-state index in [0.29, 0.717) is 56.3 Å². The van der Waals surface area contributed by atoms with Crippen molar-refractivity contribution in [3.63, 3.8) is 0 Å². The van der Waals surface area contributed by atoms with Crippen molar-refractivity contribution >= 4 is 23.2 Å². The third-order valence-corrected chi connectivity index (χ3v) is 7.24. The van der Waals surface area contributed by atoms with Crippen LogP contribution in [0.2, 0.25) is 0 Å². The molecule has 0 bridgehead atoms. The molecule has 4 rings (SSSR count). The Hall–Kier alpha value is -2.62. The van der Waals surface area contributed by atoms with Crippen LogP contribution in [0.3, 0.4) is 0 Å². The van der Waals surface area contributed by atoms with Crippen LogP contribution in [0.1, 0.15) is 21.7 Å². The van der Waals surface area contributed by atoms with Crippen LogP contribution in [0.4, 0.5) is 0 Å². The Kier molecular flexibility index (Phi) is 8.42. The monoisotopic (exact) mass is 487 g/mol. The molecule has 2 saturated heterocycles. The molecule has 34 heavy (non-hydrogen) atoms. The fourth-order valence-electron chi connectivity index (χ4n) is 4.53. The number of morpholine rings is 1. The molecule has 0 N–H and O–H groups in total. The summed E-state index contributed by atoms with van der Waals surface area (Å²) in [5, 5.41) is 2.00. The molecule has 3 heterocycles. The molecule has 1 unspecified atom stereocenters. The van der Waals surface area contributed by atoms with E-state index in [2.05, 4.69) is 4.90 Å². The van der Waals surface area contributed by atoms with Crippen molar-refractivity contribution < 1.29 is 23.8 Å². The minimum atomic E-state index is -0.00543. The molecule has 0 radical (unpaired) electrons. The lowest BCUT2D eigenvalue weighted by Crippen LogP contribution is -2.50. The first kappa shape index (κ1) is 24.5. The van der Waals surface area contributed by atoms with Gasteiger partial charge in [0.15, 0.2) is 11.5 Å². The lowest BCUT2D eigenvalue weighted by Gasteiger charge is -2.35. The topological polar surface area (TPSA) is 71.6 Å². The molecule has 0 saturated carbocycles. The second kappa shape index (κ2) is 11.7. The summed E-state index contributed by atoms with van der Waals surface area (Å²) in [7, 11) is 3.15. The van der Waals surface area contributed by atoms with Gasteiger partial charge >= 0.3 is 0 Å². The number of hydrogen-bond acceptors (Lipinski definition) is 7. The van der Waals surface area contributed by atoms with E-state index in [1.165, 1.54) is 0 Å². The minimum Gasteiger partial charge on any atom is -0.493 e. The van der Waals surface area contributed by atoms with Crippen LogP contribution in [0, 0.1) is 0 Å². The zero-order chi connectivity index (χ0) is 23.9. The van der Waals surface area contributed by atoms with Crippen LogP contribution in [-0.2, 0) is 16.0 Å². The molecule has 1 aromatic carbocycles. The highest BCUT2D eigenvalue weighted by molar-refractivity contribution is 7.10. The van der Waals surface area contributed by atoms with E-state index in [0.717, 1.165) is 30.9 Å². The molecule has 0 aliphatic carbocycles. The van der Waals surface area contributed by atoms with E-state index in [1.54, 1.807) is 43.8 Å². The van der Waals surface area contributed by atoms with Gasteiger partial charge < -0.3 is 24.0 Å². The van der Waals surface area contributed by atoms with Crippen molar-refractivity contribution in [2.24, 2.45) is 0 Å². The van der Waals surface area contributed by atoms with E-state index in [9.17, 15) is 9.59 Å². The fraction of sp³-hybridized carbons (Fsp3) is 0.520. The summed E-state index contributed by atoms with van der Waals surface area (Å²) in [5.74, 6) is 1.33. The number of nitrogens with zero attached hydrogens (tertiary/aromatic N) is 3. The highest BCUT2D eigenvalue weighted by atomic mass is 32.1. The third-order valence-electron chi connectivity index (χ3n) is 6.37. The maximum absolute atomic E-state index is 13.1. The maximum Gasteiger partial charge on any atom is 0.254 e.